The Morgan fingerprint density at radius 3 is 2.95 bits per heavy atom. The maximum absolute atomic E-state index is 11.8. The number of furan rings is 1. The Hall–Kier alpha value is -2.08. The molecule has 2 aromatic rings. The van der Waals surface area contributed by atoms with Crippen molar-refractivity contribution in [3.63, 3.8) is 0 Å². The minimum Gasteiger partial charge on any atom is -0.496 e. The molecular formula is C13H11BrN2O3. The summed E-state index contributed by atoms with van der Waals surface area (Å²) >= 11 is 3.32. The van der Waals surface area contributed by atoms with E-state index in [1.807, 2.05) is 0 Å². The van der Waals surface area contributed by atoms with Crippen LogP contribution < -0.4 is 10.2 Å². The first-order chi connectivity index (χ1) is 9.20. The fourth-order valence-corrected chi connectivity index (χ4v) is 1.93. The molecule has 0 radical (unpaired) electrons. The molecule has 0 aliphatic heterocycles. The highest BCUT2D eigenvalue weighted by atomic mass is 79.9. The number of nitrogens with one attached hydrogen (secondary N) is 1. The molecule has 1 aromatic heterocycles. The van der Waals surface area contributed by atoms with Gasteiger partial charge in [-0.15, -0.1) is 0 Å². The van der Waals surface area contributed by atoms with Crippen molar-refractivity contribution < 1.29 is 13.9 Å². The summed E-state index contributed by atoms with van der Waals surface area (Å²) in [5.41, 5.74) is 2.89. The Labute approximate surface area is 118 Å². The molecule has 5 nitrogen and oxygen atoms in total. The largest absolute Gasteiger partial charge is 0.496 e. The molecule has 0 spiro atoms. The van der Waals surface area contributed by atoms with Crippen LogP contribution in [0.1, 0.15) is 16.1 Å². The quantitative estimate of drug-likeness (QED) is 0.695. The normalized spacial score (nSPS) is 10.6. The van der Waals surface area contributed by atoms with E-state index in [0.29, 0.717) is 21.5 Å². The molecule has 0 unspecified atom stereocenters. The smallest absolute Gasteiger partial charge is 0.271 e. The number of carbonyl (C=O) groups is 1. The first-order valence-corrected chi connectivity index (χ1v) is 6.20. The van der Waals surface area contributed by atoms with Gasteiger partial charge in [-0.25, -0.2) is 5.43 Å². The van der Waals surface area contributed by atoms with Crippen LogP contribution in [0.3, 0.4) is 0 Å². The number of nitrogens with zero attached hydrogens (tertiary/aromatic N) is 1. The Morgan fingerprint density at radius 1 is 1.47 bits per heavy atom. The molecule has 0 saturated carbocycles. The van der Waals surface area contributed by atoms with Gasteiger partial charge in [0.2, 0.25) is 0 Å². The number of methoxy groups -OCH3 is 1. The van der Waals surface area contributed by atoms with E-state index in [1.54, 1.807) is 37.4 Å². The maximum atomic E-state index is 11.8. The molecule has 0 atom stereocenters. The van der Waals surface area contributed by atoms with Crippen molar-refractivity contribution in [1.29, 1.82) is 0 Å². The summed E-state index contributed by atoms with van der Waals surface area (Å²) in [7, 11) is 1.56. The lowest BCUT2D eigenvalue weighted by molar-refractivity contribution is 0.0955. The number of halogens is 1. The lowest BCUT2D eigenvalue weighted by Gasteiger charge is -2.05. The van der Waals surface area contributed by atoms with Crippen molar-refractivity contribution >= 4 is 28.1 Å². The van der Waals surface area contributed by atoms with E-state index in [1.165, 1.54) is 12.5 Å². The summed E-state index contributed by atoms with van der Waals surface area (Å²) in [5.74, 6) is 0.915. The second-order valence-electron chi connectivity index (χ2n) is 3.56. The minimum absolute atomic E-state index is 0.314. The summed E-state index contributed by atoms with van der Waals surface area (Å²) in [6, 6.07) is 8.50. The number of benzene rings is 1. The molecule has 1 aromatic carbocycles. The molecule has 19 heavy (non-hydrogen) atoms. The lowest BCUT2D eigenvalue weighted by atomic mass is 10.2. The number of carbonyl (C=O) groups excluding carboxylic acids is 1. The Bertz CT molecular complexity index is 594. The van der Waals surface area contributed by atoms with Crippen LogP contribution in [0.25, 0.3) is 0 Å². The number of ether oxygens (including phenoxy) is 1. The van der Waals surface area contributed by atoms with Gasteiger partial charge in [0.05, 0.1) is 24.1 Å². The molecule has 1 heterocycles. The molecule has 6 heteroatoms. The zero-order valence-corrected chi connectivity index (χ0v) is 11.7. The second-order valence-corrected chi connectivity index (χ2v) is 4.42. The fourth-order valence-electron chi connectivity index (χ4n) is 1.39. The van der Waals surface area contributed by atoms with Crippen molar-refractivity contribution in [3.05, 3.63) is 52.4 Å². The number of hydrogen-bond acceptors (Lipinski definition) is 4. The highest BCUT2D eigenvalue weighted by Gasteiger charge is 2.07. The third-order valence-electron chi connectivity index (χ3n) is 2.32. The van der Waals surface area contributed by atoms with E-state index in [0.717, 1.165) is 0 Å². The fraction of sp³-hybridized carbons (Fsp3) is 0.0769. The van der Waals surface area contributed by atoms with Crippen LogP contribution in [0.2, 0.25) is 0 Å². The summed E-state index contributed by atoms with van der Waals surface area (Å²) in [5, 5.41) is 3.80. The summed E-state index contributed by atoms with van der Waals surface area (Å²) < 4.78 is 10.8. The standard InChI is InChI=1S/C13H11BrN2O3/c1-18-12-5-4-9(7-11(12)14)13(17)16-15-8-10-3-2-6-19-10/h2-8H,1H3,(H,16,17). The Balaban J connectivity index is 2.02. The van der Waals surface area contributed by atoms with Gasteiger partial charge in [-0.2, -0.15) is 5.10 Å². The highest BCUT2D eigenvalue weighted by Crippen LogP contribution is 2.25. The van der Waals surface area contributed by atoms with E-state index in [4.69, 9.17) is 9.15 Å². The third-order valence-corrected chi connectivity index (χ3v) is 2.93. The molecule has 0 fully saturated rings. The molecular weight excluding hydrogens is 312 g/mol. The Kier molecular flexibility index (Phi) is 4.35. The van der Waals surface area contributed by atoms with Gasteiger partial charge in [0.25, 0.3) is 5.91 Å². The van der Waals surface area contributed by atoms with Crippen LogP contribution in [-0.4, -0.2) is 19.2 Å². The van der Waals surface area contributed by atoms with Gasteiger partial charge in [-0.05, 0) is 46.3 Å². The third kappa shape index (κ3) is 3.45. The predicted molar refractivity (Wildman–Crippen MR) is 74.5 cm³/mol. The summed E-state index contributed by atoms with van der Waals surface area (Å²) in [6.07, 6.45) is 2.96. The zero-order valence-electron chi connectivity index (χ0n) is 10.1. The molecule has 98 valence electrons. The van der Waals surface area contributed by atoms with E-state index < -0.39 is 0 Å². The highest BCUT2D eigenvalue weighted by molar-refractivity contribution is 9.10. The van der Waals surface area contributed by atoms with Gasteiger partial charge in [0.15, 0.2) is 0 Å². The topological polar surface area (TPSA) is 63.8 Å². The molecule has 1 amide bonds. The monoisotopic (exact) mass is 322 g/mol. The first-order valence-electron chi connectivity index (χ1n) is 5.41. The molecule has 0 bridgehead atoms. The molecule has 2 rings (SSSR count). The SMILES string of the molecule is COc1ccc(C(=O)NN=Cc2ccco2)cc1Br. The predicted octanol–water partition coefficient (Wildman–Crippen LogP) is 2.81. The van der Waals surface area contributed by atoms with Gasteiger partial charge in [-0.3, -0.25) is 4.79 Å². The number of hydrogen-bond donors (Lipinski definition) is 1. The molecule has 0 saturated heterocycles. The van der Waals surface area contributed by atoms with Gasteiger partial charge >= 0.3 is 0 Å². The summed E-state index contributed by atoms with van der Waals surface area (Å²) in [4.78, 5) is 11.8. The van der Waals surface area contributed by atoms with Crippen molar-refractivity contribution in [2.75, 3.05) is 7.11 Å². The van der Waals surface area contributed by atoms with Crippen molar-refractivity contribution in [1.82, 2.24) is 5.43 Å². The van der Waals surface area contributed by atoms with Gasteiger partial charge in [0.1, 0.15) is 11.5 Å². The van der Waals surface area contributed by atoms with Crippen LogP contribution in [0, 0.1) is 0 Å². The van der Waals surface area contributed by atoms with E-state index in [2.05, 4.69) is 26.5 Å². The van der Waals surface area contributed by atoms with Crippen molar-refractivity contribution in [2.24, 2.45) is 5.10 Å². The summed E-state index contributed by atoms with van der Waals surface area (Å²) in [6.45, 7) is 0. The molecule has 0 aliphatic rings. The number of rotatable bonds is 4. The number of amides is 1. The molecule has 1 N–H and O–H groups in total. The number of hydrazone groups is 1. The van der Waals surface area contributed by atoms with Crippen LogP contribution in [0.4, 0.5) is 0 Å². The van der Waals surface area contributed by atoms with Crippen LogP contribution in [-0.2, 0) is 0 Å². The second kappa shape index (κ2) is 6.19. The lowest BCUT2D eigenvalue weighted by Crippen LogP contribution is -2.17. The van der Waals surface area contributed by atoms with Gasteiger partial charge in [0, 0.05) is 5.56 Å². The Morgan fingerprint density at radius 2 is 2.32 bits per heavy atom. The average molecular weight is 323 g/mol. The zero-order chi connectivity index (χ0) is 13.7. The van der Waals surface area contributed by atoms with Crippen LogP contribution >= 0.6 is 15.9 Å². The van der Waals surface area contributed by atoms with E-state index in [9.17, 15) is 4.79 Å². The maximum Gasteiger partial charge on any atom is 0.271 e. The van der Waals surface area contributed by atoms with E-state index >= 15 is 0 Å². The first kappa shape index (κ1) is 13.4. The van der Waals surface area contributed by atoms with Crippen LogP contribution in [0.15, 0.2) is 50.6 Å². The van der Waals surface area contributed by atoms with Gasteiger partial charge in [-0.1, -0.05) is 0 Å². The van der Waals surface area contributed by atoms with Crippen molar-refractivity contribution in [3.8, 4) is 5.75 Å². The van der Waals surface area contributed by atoms with Crippen LogP contribution in [0.5, 0.6) is 5.75 Å². The average Bonchev–Trinajstić information content (AvgIpc) is 2.91. The van der Waals surface area contributed by atoms with E-state index in [-0.39, 0.29) is 5.91 Å². The van der Waals surface area contributed by atoms with Gasteiger partial charge < -0.3 is 9.15 Å². The molecule has 0 aliphatic carbocycles. The minimum atomic E-state index is -0.314. The van der Waals surface area contributed by atoms with Crippen molar-refractivity contribution in [2.45, 2.75) is 0 Å².